The van der Waals surface area contributed by atoms with Crippen molar-refractivity contribution in [2.24, 2.45) is 0 Å². The molecule has 0 aliphatic rings. The molecule has 82 valence electrons. The fourth-order valence-corrected chi connectivity index (χ4v) is 1.29. The van der Waals surface area contributed by atoms with Gasteiger partial charge in [-0.15, -0.1) is 0 Å². The summed E-state index contributed by atoms with van der Waals surface area (Å²) >= 11 is 0. The Morgan fingerprint density at radius 1 is 1.50 bits per heavy atom. The molecule has 0 fully saturated rings. The van der Waals surface area contributed by atoms with Gasteiger partial charge in [-0.05, 0) is 18.2 Å². The van der Waals surface area contributed by atoms with Crippen LogP contribution in [0.2, 0.25) is 0 Å². The summed E-state index contributed by atoms with van der Waals surface area (Å²) in [5, 5.41) is 8.54. The average Bonchev–Trinajstić information content (AvgIpc) is 2.65. The second kappa shape index (κ2) is 4.14. The quantitative estimate of drug-likeness (QED) is 0.862. The standard InChI is InChI=1S/C11H8FNO3/c12-8-3-1-2-7(4-8)11-13-6-9(16-11)5-10(14)15/h1-4,6H,5H2,(H,14,15). The van der Waals surface area contributed by atoms with Crippen molar-refractivity contribution < 1.29 is 18.7 Å². The van der Waals surface area contributed by atoms with E-state index in [4.69, 9.17) is 9.52 Å². The third kappa shape index (κ3) is 2.25. The van der Waals surface area contributed by atoms with Crippen LogP contribution in [-0.4, -0.2) is 16.1 Å². The number of halogens is 1. The van der Waals surface area contributed by atoms with Crippen LogP contribution >= 0.6 is 0 Å². The summed E-state index contributed by atoms with van der Waals surface area (Å²) in [6.45, 7) is 0. The highest BCUT2D eigenvalue weighted by Crippen LogP contribution is 2.19. The van der Waals surface area contributed by atoms with Crippen LogP contribution in [0, 0.1) is 5.82 Å². The molecule has 1 N–H and O–H groups in total. The summed E-state index contributed by atoms with van der Waals surface area (Å²) in [5.74, 6) is -0.931. The zero-order valence-corrected chi connectivity index (χ0v) is 8.18. The lowest BCUT2D eigenvalue weighted by Gasteiger charge is -1.94. The summed E-state index contributed by atoms with van der Waals surface area (Å²) < 4.78 is 18.1. The number of aromatic nitrogens is 1. The SMILES string of the molecule is O=C(O)Cc1cnc(-c2cccc(F)c2)o1. The number of nitrogens with zero attached hydrogens (tertiary/aromatic N) is 1. The second-order valence-corrected chi connectivity index (χ2v) is 3.21. The highest BCUT2D eigenvalue weighted by Gasteiger charge is 2.09. The highest BCUT2D eigenvalue weighted by molar-refractivity contribution is 5.69. The molecule has 4 nitrogen and oxygen atoms in total. The van der Waals surface area contributed by atoms with E-state index >= 15 is 0 Å². The van der Waals surface area contributed by atoms with E-state index < -0.39 is 11.8 Å². The third-order valence-corrected chi connectivity index (χ3v) is 1.95. The molecule has 0 aliphatic heterocycles. The molecule has 0 saturated carbocycles. The maximum atomic E-state index is 12.9. The number of oxazole rings is 1. The molecule has 1 aromatic heterocycles. The summed E-state index contributed by atoms with van der Waals surface area (Å²) in [7, 11) is 0. The fourth-order valence-electron chi connectivity index (χ4n) is 1.29. The third-order valence-electron chi connectivity index (χ3n) is 1.95. The molecular formula is C11H8FNO3. The van der Waals surface area contributed by atoms with E-state index in [1.807, 2.05) is 0 Å². The smallest absolute Gasteiger partial charge is 0.311 e. The van der Waals surface area contributed by atoms with E-state index in [9.17, 15) is 9.18 Å². The minimum Gasteiger partial charge on any atom is -0.481 e. The Morgan fingerprint density at radius 2 is 2.31 bits per heavy atom. The maximum absolute atomic E-state index is 12.9. The first-order valence-electron chi connectivity index (χ1n) is 4.57. The molecule has 0 aliphatic carbocycles. The maximum Gasteiger partial charge on any atom is 0.311 e. The minimum absolute atomic E-state index is 0.218. The molecule has 0 amide bonds. The minimum atomic E-state index is -0.998. The molecule has 2 rings (SSSR count). The van der Waals surface area contributed by atoms with Crippen molar-refractivity contribution in [2.45, 2.75) is 6.42 Å². The predicted molar refractivity (Wildman–Crippen MR) is 53.2 cm³/mol. The predicted octanol–water partition coefficient (Wildman–Crippen LogP) is 2.11. The molecule has 2 aromatic rings. The number of rotatable bonds is 3. The van der Waals surface area contributed by atoms with Crippen LogP contribution in [0.4, 0.5) is 4.39 Å². The number of benzene rings is 1. The lowest BCUT2D eigenvalue weighted by molar-refractivity contribution is -0.136. The van der Waals surface area contributed by atoms with Crippen molar-refractivity contribution in [3.63, 3.8) is 0 Å². The van der Waals surface area contributed by atoms with Crippen molar-refractivity contribution >= 4 is 5.97 Å². The second-order valence-electron chi connectivity index (χ2n) is 3.21. The largest absolute Gasteiger partial charge is 0.481 e. The first-order chi connectivity index (χ1) is 7.65. The number of hydrogen-bond donors (Lipinski definition) is 1. The summed E-state index contributed by atoms with van der Waals surface area (Å²) in [6, 6.07) is 5.76. The molecule has 1 heterocycles. The average molecular weight is 221 g/mol. The Kier molecular flexibility index (Phi) is 2.68. The van der Waals surface area contributed by atoms with Crippen LogP contribution in [0.5, 0.6) is 0 Å². The molecule has 16 heavy (non-hydrogen) atoms. The van der Waals surface area contributed by atoms with E-state index in [0.29, 0.717) is 5.56 Å². The van der Waals surface area contributed by atoms with Crippen molar-refractivity contribution in [1.29, 1.82) is 0 Å². The molecule has 1 aromatic carbocycles. The van der Waals surface area contributed by atoms with Gasteiger partial charge in [0.15, 0.2) is 0 Å². The Bertz CT molecular complexity index is 521. The molecule has 0 bridgehead atoms. The van der Waals surface area contributed by atoms with Gasteiger partial charge in [0.25, 0.3) is 0 Å². The van der Waals surface area contributed by atoms with Crippen molar-refractivity contribution in [1.82, 2.24) is 4.98 Å². The van der Waals surface area contributed by atoms with Gasteiger partial charge in [-0.25, -0.2) is 9.37 Å². The molecular weight excluding hydrogens is 213 g/mol. The first kappa shape index (κ1) is 10.4. The number of carbonyl (C=O) groups is 1. The van der Waals surface area contributed by atoms with Gasteiger partial charge in [-0.3, -0.25) is 4.79 Å². The number of carboxylic acid groups (broad SMARTS) is 1. The van der Waals surface area contributed by atoms with Crippen LogP contribution in [0.1, 0.15) is 5.76 Å². The summed E-state index contributed by atoms with van der Waals surface area (Å²) in [5.41, 5.74) is 0.483. The van der Waals surface area contributed by atoms with E-state index in [2.05, 4.69) is 4.98 Å². The monoisotopic (exact) mass is 221 g/mol. The van der Waals surface area contributed by atoms with E-state index in [1.165, 1.54) is 24.4 Å². The molecule has 0 atom stereocenters. The Morgan fingerprint density at radius 3 is 3.00 bits per heavy atom. The lowest BCUT2D eigenvalue weighted by Crippen LogP contribution is -1.97. The lowest BCUT2D eigenvalue weighted by atomic mass is 10.2. The van der Waals surface area contributed by atoms with Crippen LogP contribution in [-0.2, 0) is 11.2 Å². The van der Waals surface area contributed by atoms with Crippen LogP contribution in [0.15, 0.2) is 34.9 Å². The zero-order chi connectivity index (χ0) is 11.5. The van der Waals surface area contributed by atoms with Crippen molar-refractivity contribution in [2.75, 3.05) is 0 Å². The van der Waals surface area contributed by atoms with Crippen molar-refractivity contribution in [3.05, 3.63) is 42.0 Å². The zero-order valence-electron chi connectivity index (χ0n) is 8.18. The number of carboxylic acids is 1. The van der Waals surface area contributed by atoms with Crippen LogP contribution < -0.4 is 0 Å². The Balaban J connectivity index is 2.28. The van der Waals surface area contributed by atoms with Gasteiger partial charge in [-0.1, -0.05) is 6.07 Å². The molecule has 0 unspecified atom stereocenters. The first-order valence-corrected chi connectivity index (χ1v) is 4.57. The summed E-state index contributed by atoms with van der Waals surface area (Å²) in [6.07, 6.45) is 1.09. The van der Waals surface area contributed by atoms with Gasteiger partial charge in [0.05, 0.1) is 6.20 Å². The fraction of sp³-hybridized carbons (Fsp3) is 0.0909. The van der Waals surface area contributed by atoms with Crippen LogP contribution in [0.3, 0.4) is 0 Å². The van der Waals surface area contributed by atoms with Gasteiger partial charge in [0.2, 0.25) is 5.89 Å². The highest BCUT2D eigenvalue weighted by atomic mass is 19.1. The van der Waals surface area contributed by atoms with E-state index in [1.54, 1.807) is 6.07 Å². The van der Waals surface area contributed by atoms with E-state index in [0.717, 1.165) is 0 Å². The topological polar surface area (TPSA) is 63.3 Å². The molecule has 0 spiro atoms. The van der Waals surface area contributed by atoms with Gasteiger partial charge in [0.1, 0.15) is 18.0 Å². The Hall–Kier alpha value is -2.17. The van der Waals surface area contributed by atoms with Gasteiger partial charge < -0.3 is 9.52 Å². The summed E-state index contributed by atoms with van der Waals surface area (Å²) in [4.78, 5) is 14.3. The molecule has 0 radical (unpaired) electrons. The number of hydrogen-bond acceptors (Lipinski definition) is 3. The molecule has 0 saturated heterocycles. The van der Waals surface area contributed by atoms with E-state index in [-0.39, 0.29) is 18.1 Å². The Labute approximate surface area is 90.4 Å². The van der Waals surface area contributed by atoms with Gasteiger partial charge >= 0.3 is 5.97 Å². The van der Waals surface area contributed by atoms with Gasteiger partial charge in [0, 0.05) is 5.56 Å². The normalized spacial score (nSPS) is 10.3. The molecule has 5 heteroatoms. The number of aliphatic carboxylic acids is 1. The van der Waals surface area contributed by atoms with Gasteiger partial charge in [-0.2, -0.15) is 0 Å². The van der Waals surface area contributed by atoms with Crippen LogP contribution in [0.25, 0.3) is 11.5 Å². The van der Waals surface area contributed by atoms with Crippen molar-refractivity contribution in [3.8, 4) is 11.5 Å².